The van der Waals surface area contributed by atoms with Crippen molar-refractivity contribution in [1.29, 1.82) is 0 Å². The number of fused-ring (bicyclic) bond motifs is 6. The van der Waals surface area contributed by atoms with Crippen LogP contribution in [0.4, 0.5) is 0 Å². The van der Waals surface area contributed by atoms with E-state index in [1.807, 2.05) is 25.1 Å². The van der Waals surface area contributed by atoms with Gasteiger partial charge in [0, 0.05) is 21.5 Å². The average molecular weight is 424 g/mol. The van der Waals surface area contributed by atoms with Crippen LogP contribution in [0.1, 0.15) is 6.92 Å². The van der Waals surface area contributed by atoms with E-state index < -0.39 is 0 Å². The Labute approximate surface area is 191 Å². The van der Waals surface area contributed by atoms with E-state index in [0.717, 1.165) is 38.7 Å². The molecule has 6 aromatic rings. The van der Waals surface area contributed by atoms with Crippen LogP contribution in [0.25, 0.3) is 49.4 Å². The number of nitrogens with zero attached hydrogens (tertiary/aromatic N) is 3. The highest BCUT2D eigenvalue weighted by atomic mass is 15.2. The molecule has 0 radical (unpaired) electrons. The van der Waals surface area contributed by atoms with Crippen LogP contribution < -0.4 is 0 Å². The molecule has 0 atom stereocenters. The van der Waals surface area contributed by atoms with Crippen LogP contribution in [0.15, 0.2) is 108 Å². The molecule has 4 aromatic carbocycles. The number of hydrogen-bond acceptors (Lipinski definition) is 1. The van der Waals surface area contributed by atoms with Gasteiger partial charge in [0.25, 0.3) is 0 Å². The topological polar surface area (TPSA) is 22.2 Å². The second-order valence-electron chi connectivity index (χ2n) is 7.97. The summed E-state index contributed by atoms with van der Waals surface area (Å²) in [6.07, 6.45) is 8.11. The number of aliphatic imine (C=N–C) groups is 1. The molecule has 0 aliphatic rings. The van der Waals surface area contributed by atoms with Crippen LogP contribution in [-0.2, 0) is 0 Å². The summed E-state index contributed by atoms with van der Waals surface area (Å²) in [6.45, 7) is 2.00. The van der Waals surface area contributed by atoms with Crippen LogP contribution in [0.2, 0.25) is 0 Å². The molecule has 6 rings (SSSR count). The largest absolute Gasteiger partial charge is 0.294 e. The van der Waals surface area contributed by atoms with E-state index in [4.69, 9.17) is 11.4 Å². The highest BCUT2D eigenvalue weighted by Crippen LogP contribution is 2.33. The molecule has 0 spiro atoms. The van der Waals surface area contributed by atoms with Gasteiger partial charge in [-0.3, -0.25) is 9.13 Å². The fourth-order valence-corrected chi connectivity index (χ4v) is 4.82. The Morgan fingerprint density at radius 3 is 1.36 bits per heavy atom. The Morgan fingerprint density at radius 1 is 0.636 bits per heavy atom. The molecule has 3 nitrogen and oxygen atoms in total. The maximum atomic E-state index is 6.09. The number of aromatic nitrogens is 2. The lowest BCUT2D eigenvalue weighted by Gasteiger charge is -2.11. The van der Waals surface area contributed by atoms with Crippen molar-refractivity contribution in [3.05, 3.63) is 103 Å². The summed E-state index contributed by atoms with van der Waals surface area (Å²) in [7, 11) is 0. The van der Waals surface area contributed by atoms with E-state index in [0.29, 0.717) is 5.84 Å². The van der Waals surface area contributed by atoms with Crippen LogP contribution in [0.3, 0.4) is 0 Å². The zero-order valence-corrected chi connectivity index (χ0v) is 18.2. The molecule has 0 bridgehead atoms. The fourth-order valence-electron chi connectivity index (χ4n) is 4.82. The van der Waals surface area contributed by atoms with Crippen molar-refractivity contribution in [2.24, 2.45) is 4.99 Å². The normalized spacial score (nSPS) is 12.7. The van der Waals surface area contributed by atoms with Crippen molar-refractivity contribution in [2.45, 2.75) is 6.92 Å². The lowest BCUT2D eigenvalue weighted by atomic mass is 10.2. The van der Waals surface area contributed by atoms with Gasteiger partial charge < -0.3 is 0 Å². The SMILES string of the molecule is C#CC(=N/C(=C\C)n1c2ccccc2c2ccccc21)n1c2ccccc2c2ccccc21. The van der Waals surface area contributed by atoms with Crippen molar-refractivity contribution in [3.63, 3.8) is 0 Å². The summed E-state index contributed by atoms with van der Waals surface area (Å²) in [5, 5.41) is 4.72. The first-order valence-corrected chi connectivity index (χ1v) is 11.0. The smallest absolute Gasteiger partial charge is 0.192 e. The minimum Gasteiger partial charge on any atom is -0.294 e. The van der Waals surface area contributed by atoms with Crippen LogP contribution in [-0.4, -0.2) is 15.0 Å². The van der Waals surface area contributed by atoms with E-state index in [1.165, 1.54) is 10.8 Å². The average Bonchev–Trinajstić information content (AvgIpc) is 3.39. The van der Waals surface area contributed by atoms with E-state index in [2.05, 4.69) is 100.0 Å². The zero-order valence-electron chi connectivity index (χ0n) is 18.2. The lowest BCUT2D eigenvalue weighted by molar-refractivity contribution is 1.15. The second-order valence-corrected chi connectivity index (χ2v) is 7.97. The van der Waals surface area contributed by atoms with Gasteiger partial charge in [0.05, 0.1) is 22.1 Å². The highest BCUT2D eigenvalue weighted by molar-refractivity contribution is 6.18. The fraction of sp³-hybridized carbons (Fsp3) is 0.0333. The van der Waals surface area contributed by atoms with Gasteiger partial charge in [-0.05, 0) is 43.2 Å². The molecule has 0 N–H and O–H groups in total. The standard InChI is InChI=1S/C30H21N3/c1-3-29(32-25-17-9-5-13-21(25)22-14-6-10-18-26(22)32)31-30(4-2)33-27-19-11-7-15-23(27)24-16-8-12-20-28(24)33/h1,4-20H,2H3/b30-4+,31-29?. The number of hydrogen-bond donors (Lipinski definition) is 0. The Kier molecular flexibility index (Phi) is 4.38. The third kappa shape index (κ3) is 2.82. The van der Waals surface area contributed by atoms with Gasteiger partial charge >= 0.3 is 0 Å². The van der Waals surface area contributed by atoms with Gasteiger partial charge in [-0.15, -0.1) is 6.42 Å². The molecule has 0 aliphatic heterocycles. The summed E-state index contributed by atoms with van der Waals surface area (Å²) in [6, 6.07) is 33.5. The van der Waals surface area contributed by atoms with Gasteiger partial charge in [0.15, 0.2) is 5.84 Å². The summed E-state index contributed by atoms with van der Waals surface area (Å²) in [4.78, 5) is 5.07. The van der Waals surface area contributed by atoms with E-state index >= 15 is 0 Å². The molecular formula is C30H21N3. The Bertz CT molecular complexity index is 1680. The van der Waals surface area contributed by atoms with Crippen molar-refractivity contribution in [2.75, 3.05) is 0 Å². The third-order valence-electron chi connectivity index (χ3n) is 6.21. The lowest BCUT2D eigenvalue weighted by Crippen LogP contribution is -2.10. The molecule has 156 valence electrons. The van der Waals surface area contributed by atoms with Crippen LogP contribution >= 0.6 is 0 Å². The van der Waals surface area contributed by atoms with Crippen molar-refractivity contribution < 1.29 is 0 Å². The summed E-state index contributed by atoms with van der Waals surface area (Å²) >= 11 is 0. The van der Waals surface area contributed by atoms with Gasteiger partial charge in [-0.2, -0.15) is 0 Å². The minimum atomic E-state index is 0.558. The van der Waals surface area contributed by atoms with Crippen molar-refractivity contribution in [3.8, 4) is 12.3 Å². The first kappa shape index (κ1) is 19.2. The number of allylic oxidation sites excluding steroid dienone is 1. The van der Waals surface area contributed by atoms with Crippen molar-refractivity contribution in [1.82, 2.24) is 9.13 Å². The van der Waals surface area contributed by atoms with Gasteiger partial charge in [-0.25, -0.2) is 4.99 Å². The molecule has 3 heteroatoms. The summed E-state index contributed by atoms with van der Waals surface area (Å²) in [5.41, 5.74) is 4.31. The molecule has 2 aromatic heterocycles. The molecule has 0 fully saturated rings. The van der Waals surface area contributed by atoms with Crippen LogP contribution in [0.5, 0.6) is 0 Å². The number of benzene rings is 4. The maximum absolute atomic E-state index is 6.09. The predicted molar refractivity (Wildman–Crippen MR) is 141 cm³/mol. The quantitative estimate of drug-likeness (QED) is 0.158. The molecule has 2 heterocycles. The molecule has 0 amide bonds. The molecule has 0 unspecified atom stereocenters. The monoisotopic (exact) mass is 423 g/mol. The number of rotatable bonds is 2. The van der Waals surface area contributed by atoms with Gasteiger partial charge in [0.2, 0.25) is 0 Å². The summed E-state index contributed by atoms with van der Waals surface area (Å²) < 4.78 is 4.28. The van der Waals surface area contributed by atoms with Crippen molar-refractivity contribution >= 4 is 55.3 Å². The Hall–Kier alpha value is -4.55. The summed E-state index contributed by atoms with van der Waals surface area (Å²) in [5.74, 6) is 4.22. The van der Waals surface area contributed by atoms with Gasteiger partial charge in [0.1, 0.15) is 5.82 Å². The molecule has 33 heavy (non-hydrogen) atoms. The zero-order chi connectivity index (χ0) is 22.4. The molecule has 0 aliphatic carbocycles. The Morgan fingerprint density at radius 2 is 1.00 bits per heavy atom. The molecule has 0 saturated carbocycles. The number of terminal acetylenes is 1. The first-order valence-electron chi connectivity index (χ1n) is 11.0. The Balaban J connectivity index is 1.66. The molecular weight excluding hydrogens is 402 g/mol. The van der Waals surface area contributed by atoms with E-state index in [1.54, 1.807) is 0 Å². The van der Waals surface area contributed by atoms with Crippen LogP contribution in [0, 0.1) is 12.3 Å². The maximum Gasteiger partial charge on any atom is 0.192 e. The third-order valence-corrected chi connectivity index (χ3v) is 6.21. The first-order chi connectivity index (χ1) is 16.3. The minimum absolute atomic E-state index is 0.558. The van der Waals surface area contributed by atoms with E-state index in [9.17, 15) is 0 Å². The van der Waals surface area contributed by atoms with Gasteiger partial charge in [-0.1, -0.05) is 72.8 Å². The predicted octanol–water partition coefficient (Wildman–Crippen LogP) is 7.30. The van der Waals surface area contributed by atoms with E-state index in [-0.39, 0.29) is 0 Å². The molecule has 0 saturated heterocycles. The highest BCUT2D eigenvalue weighted by Gasteiger charge is 2.16. The number of para-hydroxylation sites is 4. The second kappa shape index (κ2) is 7.55.